The van der Waals surface area contributed by atoms with Crippen LogP contribution < -0.4 is 10.9 Å². The van der Waals surface area contributed by atoms with Crippen LogP contribution in [0.15, 0.2) is 35.1 Å². The molecular formula is C13H15N3O. The molecule has 88 valence electrons. The first-order chi connectivity index (χ1) is 8.25. The van der Waals surface area contributed by atoms with Crippen LogP contribution in [0.5, 0.6) is 0 Å². The van der Waals surface area contributed by atoms with Crippen molar-refractivity contribution >= 4 is 0 Å². The van der Waals surface area contributed by atoms with Gasteiger partial charge in [-0.15, -0.1) is 0 Å². The lowest BCUT2D eigenvalue weighted by Crippen LogP contribution is -2.34. The second-order valence-corrected chi connectivity index (χ2v) is 4.52. The first kappa shape index (κ1) is 10.4. The van der Waals surface area contributed by atoms with E-state index in [4.69, 9.17) is 0 Å². The van der Waals surface area contributed by atoms with E-state index < -0.39 is 0 Å². The summed E-state index contributed by atoms with van der Waals surface area (Å²) in [5.74, 6) is 0. The van der Waals surface area contributed by atoms with Gasteiger partial charge in [-0.1, -0.05) is 18.2 Å². The summed E-state index contributed by atoms with van der Waals surface area (Å²) in [5.41, 5.74) is 3.01. The summed E-state index contributed by atoms with van der Waals surface area (Å²) in [4.78, 5) is 11.9. The van der Waals surface area contributed by atoms with Crippen LogP contribution in [0.1, 0.15) is 18.2 Å². The standard InChI is InChI=1S/C13H15N3O/c1-9-7-11-12(8-14-9)16(15-13(11)17)10-5-3-2-4-6-10/h2-6,9,14H,7-8H2,1H3,(H,15,17). The molecule has 0 fully saturated rings. The van der Waals surface area contributed by atoms with Crippen LogP contribution in [-0.4, -0.2) is 15.8 Å². The zero-order chi connectivity index (χ0) is 11.8. The summed E-state index contributed by atoms with van der Waals surface area (Å²) in [6.45, 7) is 2.84. The zero-order valence-electron chi connectivity index (χ0n) is 9.73. The highest BCUT2D eigenvalue weighted by Crippen LogP contribution is 2.16. The molecule has 4 heteroatoms. The summed E-state index contributed by atoms with van der Waals surface area (Å²) in [6, 6.07) is 10.3. The number of nitrogens with one attached hydrogen (secondary N) is 2. The van der Waals surface area contributed by atoms with Gasteiger partial charge in [0, 0.05) is 18.2 Å². The minimum atomic E-state index is 0.0391. The SMILES string of the molecule is CC1Cc2c(n(-c3ccccc3)[nH]c2=O)CN1. The molecule has 0 spiro atoms. The van der Waals surface area contributed by atoms with Crippen molar-refractivity contribution in [1.82, 2.24) is 15.1 Å². The van der Waals surface area contributed by atoms with Gasteiger partial charge >= 0.3 is 0 Å². The van der Waals surface area contributed by atoms with Crippen molar-refractivity contribution < 1.29 is 0 Å². The van der Waals surface area contributed by atoms with E-state index in [2.05, 4.69) is 17.3 Å². The molecule has 0 aliphatic carbocycles. The molecule has 0 radical (unpaired) electrons. The average Bonchev–Trinajstić information content (AvgIpc) is 2.68. The van der Waals surface area contributed by atoms with Gasteiger partial charge in [-0.2, -0.15) is 0 Å². The van der Waals surface area contributed by atoms with Crippen molar-refractivity contribution in [3.05, 3.63) is 51.9 Å². The molecule has 17 heavy (non-hydrogen) atoms. The zero-order valence-corrected chi connectivity index (χ0v) is 9.73. The number of rotatable bonds is 1. The van der Waals surface area contributed by atoms with Gasteiger partial charge in [-0.25, -0.2) is 0 Å². The summed E-state index contributed by atoms with van der Waals surface area (Å²) in [5, 5.41) is 6.29. The van der Waals surface area contributed by atoms with E-state index in [1.54, 1.807) is 0 Å². The number of hydrogen-bond donors (Lipinski definition) is 2. The van der Waals surface area contributed by atoms with E-state index in [1.165, 1.54) is 0 Å². The average molecular weight is 229 g/mol. The van der Waals surface area contributed by atoms with Crippen LogP contribution in [0.25, 0.3) is 5.69 Å². The lowest BCUT2D eigenvalue weighted by molar-refractivity contribution is 0.500. The summed E-state index contributed by atoms with van der Waals surface area (Å²) in [6.07, 6.45) is 0.796. The normalized spacial score (nSPS) is 19.0. The summed E-state index contributed by atoms with van der Waals surface area (Å²) in [7, 11) is 0. The molecule has 2 aromatic rings. The number of aromatic amines is 1. The molecule has 1 aromatic carbocycles. The molecule has 1 unspecified atom stereocenters. The van der Waals surface area contributed by atoms with Gasteiger partial charge in [-0.05, 0) is 25.5 Å². The van der Waals surface area contributed by atoms with Gasteiger partial charge in [-0.3, -0.25) is 14.6 Å². The van der Waals surface area contributed by atoms with Crippen LogP contribution in [0.4, 0.5) is 0 Å². The van der Waals surface area contributed by atoms with Crippen molar-refractivity contribution in [1.29, 1.82) is 0 Å². The van der Waals surface area contributed by atoms with Gasteiger partial charge in [0.1, 0.15) is 0 Å². The first-order valence-electron chi connectivity index (χ1n) is 5.87. The second kappa shape index (κ2) is 3.89. The summed E-state index contributed by atoms with van der Waals surface area (Å²) >= 11 is 0. The molecule has 1 atom stereocenters. The Hall–Kier alpha value is -1.81. The highest BCUT2D eigenvalue weighted by molar-refractivity contribution is 5.36. The first-order valence-corrected chi connectivity index (χ1v) is 5.87. The van der Waals surface area contributed by atoms with Crippen LogP contribution in [0.3, 0.4) is 0 Å². The number of nitrogens with zero attached hydrogens (tertiary/aromatic N) is 1. The molecule has 3 rings (SSSR count). The third-order valence-corrected chi connectivity index (χ3v) is 3.25. The minimum Gasteiger partial charge on any atom is -0.308 e. The Bertz CT molecular complexity index is 582. The van der Waals surface area contributed by atoms with E-state index in [0.29, 0.717) is 6.04 Å². The predicted octanol–water partition coefficient (Wildman–Crippen LogP) is 1.20. The van der Waals surface area contributed by atoms with Crippen molar-refractivity contribution in [2.45, 2.75) is 25.9 Å². The molecule has 0 bridgehead atoms. The Kier molecular flexibility index (Phi) is 2.37. The molecule has 2 N–H and O–H groups in total. The van der Waals surface area contributed by atoms with Crippen molar-refractivity contribution in [2.24, 2.45) is 0 Å². The number of hydrogen-bond acceptors (Lipinski definition) is 2. The quantitative estimate of drug-likeness (QED) is 0.772. The molecule has 0 saturated carbocycles. The molecular weight excluding hydrogens is 214 g/mol. The number of H-pyrrole nitrogens is 1. The van der Waals surface area contributed by atoms with Crippen LogP contribution >= 0.6 is 0 Å². The van der Waals surface area contributed by atoms with Gasteiger partial charge in [0.15, 0.2) is 0 Å². The molecule has 1 aromatic heterocycles. The maximum absolute atomic E-state index is 11.9. The Balaban J connectivity index is 2.14. The Morgan fingerprint density at radius 3 is 2.82 bits per heavy atom. The molecule has 1 aliphatic heterocycles. The monoisotopic (exact) mass is 229 g/mol. The van der Waals surface area contributed by atoms with Crippen molar-refractivity contribution in [3.63, 3.8) is 0 Å². The molecule has 1 aliphatic rings. The number of fused-ring (bicyclic) bond motifs is 1. The van der Waals surface area contributed by atoms with E-state index in [9.17, 15) is 4.79 Å². The number of para-hydroxylation sites is 1. The van der Waals surface area contributed by atoms with Crippen LogP contribution in [-0.2, 0) is 13.0 Å². The van der Waals surface area contributed by atoms with Gasteiger partial charge in [0.25, 0.3) is 5.56 Å². The lowest BCUT2D eigenvalue weighted by Gasteiger charge is -2.20. The molecule has 4 nitrogen and oxygen atoms in total. The maximum atomic E-state index is 11.9. The molecule has 0 saturated heterocycles. The van der Waals surface area contributed by atoms with Crippen LogP contribution in [0, 0.1) is 0 Å². The Morgan fingerprint density at radius 1 is 1.29 bits per heavy atom. The van der Waals surface area contributed by atoms with Crippen molar-refractivity contribution in [2.75, 3.05) is 0 Å². The fourth-order valence-corrected chi connectivity index (χ4v) is 2.35. The fraction of sp³-hybridized carbons (Fsp3) is 0.308. The second-order valence-electron chi connectivity index (χ2n) is 4.52. The third kappa shape index (κ3) is 1.70. The number of aromatic nitrogens is 2. The fourth-order valence-electron chi connectivity index (χ4n) is 2.35. The lowest BCUT2D eigenvalue weighted by atomic mass is 10.0. The third-order valence-electron chi connectivity index (χ3n) is 3.25. The van der Waals surface area contributed by atoms with E-state index in [0.717, 1.165) is 29.9 Å². The Morgan fingerprint density at radius 2 is 2.06 bits per heavy atom. The van der Waals surface area contributed by atoms with Gasteiger partial charge < -0.3 is 5.32 Å². The van der Waals surface area contributed by atoms with Crippen molar-refractivity contribution in [3.8, 4) is 5.69 Å². The van der Waals surface area contributed by atoms with Crippen LogP contribution in [0.2, 0.25) is 0 Å². The maximum Gasteiger partial charge on any atom is 0.267 e. The Labute approximate surface area is 99.3 Å². The molecule has 2 heterocycles. The van der Waals surface area contributed by atoms with E-state index >= 15 is 0 Å². The highest BCUT2D eigenvalue weighted by atomic mass is 16.1. The highest BCUT2D eigenvalue weighted by Gasteiger charge is 2.22. The number of benzene rings is 1. The van der Waals surface area contributed by atoms with E-state index in [1.807, 2.05) is 35.0 Å². The minimum absolute atomic E-state index is 0.0391. The topological polar surface area (TPSA) is 49.8 Å². The van der Waals surface area contributed by atoms with E-state index in [-0.39, 0.29) is 5.56 Å². The predicted molar refractivity (Wildman–Crippen MR) is 66.4 cm³/mol. The summed E-state index contributed by atoms with van der Waals surface area (Å²) < 4.78 is 1.89. The smallest absolute Gasteiger partial charge is 0.267 e. The molecule has 0 amide bonds. The van der Waals surface area contributed by atoms with Gasteiger partial charge in [0.2, 0.25) is 0 Å². The largest absolute Gasteiger partial charge is 0.308 e. The van der Waals surface area contributed by atoms with Gasteiger partial charge in [0.05, 0.1) is 11.4 Å².